The lowest BCUT2D eigenvalue weighted by Crippen LogP contribution is -2.41. The zero-order valence-electron chi connectivity index (χ0n) is 17.4. The van der Waals surface area contributed by atoms with E-state index in [9.17, 15) is 4.79 Å². The number of carboxylic acids is 2. The number of cyclic esters (lactones) is 1. The minimum absolute atomic E-state index is 0.294. The van der Waals surface area contributed by atoms with E-state index >= 15 is 0 Å². The summed E-state index contributed by atoms with van der Waals surface area (Å²) in [5.41, 5.74) is 1.81. The summed E-state index contributed by atoms with van der Waals surface area (Å²) < 4.78 is 11.3. The van der Waals surface area contributed by atoms with Crippen molar-refractivity contribution in [2.75, 3.05) is 27.7 Å². The number of methoxy groups -OCH3 is 1. The zero-order chi connectivity index (χ0) is 23.2. The summed E-state index contributed by atoms with van der Waals surface area (Å²) in [6.45, 7) is 0.801. The average molecular weight is 450 g/mol. The van der Waals surface area contributed by atoms with Crippen molar-refractivity contribution in [2.24, 2.45) is 0 Å². The highest BCUT2D eigenvalue weighted by molar-refractivity contribution is 6.30. The highest BCUT2D eigenvalue weighted by Crippen LogP contribution is 2.40. The third kappa shape index (κ3) is 6.19. The summed E-state index contributed by atoms with van der Waals surface area (Å²) >= 11 is 6.04. The first-order valence-corrected chi connectivity index (χ1v) is 9.73. The van der Waals surface area contributed by atoms with Crippen molar-refractivity contribution in [3.05, 3.63) is 64.2 Å². The van der Waals surface area contributed by atoms with Gasteiger partial charge in [-0.1, -0.05) is 23.7 Å². The lowest BCUT2D eigenvalue weighted by Gasteiger charge is -2.39. The molecule has 1 aliphatic rings. The molecule has 2 aromatic carbocycles. The maximum atomic E-state index is 12.7. The number of carboxylic acid groups (broad SMARTS) is 2. The van der Waals surface area contributed by atoms with Gasteiger partial charge < -0.3 is 24.6 Å². The second-order valence-electron chi connectivity index (χ2n) is 7.25. The fourth-order valence-electron chi connectivity index (χ4n) is 3.22. The third-order valence-electron chi connectivity index (χ3n) is 4.81. The zero-order valence-corrected chi connectivity index (χ0v) is 18.2. The molecule has 2 aromatic rings. The van der Waals surface area contributed by atoms with E-state index in [0.29, 0.717) is 23.4 Å². The van der Waals surface area contributed by atoms with Gasteiger partial charge in [-0.2, -0.15) is 0 Å². The molecule has 9 heteroatoms. The Balaban J connectivity index is 0.000000501. The highest BCUT2D eigenvalue weighted by Gasteiger charge is 2.41. The Bertz CT molecular complexity index is 947. The van der Waals surface area contributed by atoms with Crippen LogP contribution in [0.15, 0.2) is 42.5 Å². The third-order valence-corrected chi connectivity index (χ3v) is 5.06. The number of carbonyl (C=O) groups is 3. The molecule has 3 rings (SSSR count). The quantitative estimate of drug-likeness (QED) is 0.529. The second-order valence-corrected chi connectivity index (χ2v) is 7.69. The number of benzene rings is 2. The van der Waals surface area contributed by atoms with Crippen molar-refractivity contribution in [2.45, 2.75) is 18.4 Å². The van der Waals surface area contributed by atoms with Crippen LogP contribution in [0.25, 0.3) is 0 Å². The molecule has 1 atom stereocenters. The molecule has 0 saturated heterocycles. The Morgan fingerprint density at radius 1 is 1.13 bits per heavy atom. The van der Waals surface area contributed by atoms with E-state index in [1.54, 1.807) is 19.2 Å². The van der Waals surface area contributed by atoms with Gasteiger partial charge >= 0.3 is 17.9 Å². The number of rotatable bonds is 5. The molecule has 2 N–H and O–H groups in total. The molecule has 0 aliphatic carbocycles. The van der Waals surface area contributed by atoms with Crippen molar-refractivity contribution in [1.82, 2.24) is 4.90 Å². The molecule has 0 fully saturated rings. The lowest BCUT2D eigenvalue weighted by atomic mass is 9.80. The summed E-state index contributed by atoms with van der Waals surface area (Å²) in [6.07, 6.45) is 1.31. The van der Waals surface area contributed by atoms with Crippen LogP contribution < -0.4 is 4.74 Å². The molecular formula is C22H24ClNO7. The van der Waals surface area contributed by atoms with E-state index in [2.05, 4.69) is 4.90 Å². The summed E-state index contributed by atoms with van der Waals surface area (Å²) in [5, 5.41) is 15.4. The smallest absolute Gasteiger partial charge is 0.414 e. The largest absolute Gasteiger partial charge is 0.497 e. The van der Waals surface area contributed by atoms with E-state index < -0.39 is 17.5 Å². The van der Waals surface area contributed by atoms with Crippen LogP contribution in [0, 0.1) is 0 Å². The topological polar surface area (TPSA) is 113 Å². The van der Waals surface area contributed by atoms with Crippen molar-refractivity contribution in [1.29, 1.82) is 0 Å². The average Bonchev–Trinajstić information content (AvgIpc) is 2.72. The summed E-state index contributed by atoms with van der Waals surface area (Å²) in [6, 6.07) is 13.0. The molecule has 0 spiro atoms. The molecule has 166 valence electrons. The van der Waals surface area contributed by atoms with E-state index in [-0.39, 0.29) is 5.97 Å². The molecule has 0 radical (unpaired) electrons. The SMILES string of the molecule is COc1ccc2c(c1)CC(CCN(C)C)(c1ccc(Cl)cc1)OC2=O.O=C(O)C(=O)O. The summed E-state index contributed by atoms with van der Waals surface area (Å²) in [5.74, 6) is -3.20. The Morgan fingerprint density at radius 2 is 1.74 bits per heavy atom. The fraction of sp³-hybridized carbons (Fsp3) is 0.318. The van der Waals surface area contributed by atoms with E-state index in [1.165, 1.54) is 0 Å². The number of halogens is 1. The number of nitrogens with zero attached hydrogens (tertiary/aromatic N) is 1. The Labute approximate surface area is 185 Å². The normalized spacial score (nSPS) is 17.1. The number of carbonyl (C=O) groups excluding carboxylic acids is 1. The Kier molecular flexibility index (Phi) is 8.01. The maximum absolute atomic E-state index is 12.7. The minimum atomic E-state index is -1.82. The monoisotopic (exact) mass is 449 g/mol. The van der Waals surface area contributed by atoms with Crippen LogP contribution >= 0.6 is 11.6 Å². The molecule has 1 heterocycles. The van der Waals surface area contributed by atoms with Crippen molar-refractivity contribution in [3.8, 4) is 5.75 Å². The molecule has 31 heavy (non-hydrogen) atoms. The van der Waals surface area contributed by atoms with Gasteiger partial charge in [0.05, 0.1) is 12.7 Å². The lowest BCUT2D eigenvalue weighted by molar-refractivity contribution is -0.159. The van der Waals surface area contributed by atoms with Gasteiger partial charge in [-0.3, -0.25) is 0 Å². The first kappa shape index (κ1) is 24.2. The first-order chi connectivity index (χ1) is 14.6. The van der Waals surface area contributed by atoms with Gasteiger partial charge in [-0.05, 0) is 55.6 Å². The van der Waals surface area contributed by atoms with Crippen LogP contribution in [0.1, 0.15) is 27.9 Å². The van der Waals surface area contributed by atoms with Crippen molar-refractivity contribution in [3.63, 3.8) is 0 Å². The van der Waals surface area contributed by atoms with Crippen LogP contribution in [0.4, 0.5) is 0 Å². The standard InChI is InChI=1S/C20H22ClNO3.C2H2O4/c1-22(2)11-10-20(15-4-6-16(21)7-5-15)13-14-12-17(24-3)8-9-18(14)19(23)25-20;3-1(4)2(5)6/h4-9,12H,10-11,13H2,1-3H3;(H,3,4)(H,5,6). The first-order valence-electron chi connectivity index (χ1n) is 9.35. The molecule has 8 nitrogen and oxygen atoms in total. The Hall–Kier alpha value is -3.10. The number of esters is 1. The van der Waals surface area contributed by atoms with E-state index in [0.717, 1.165) is 23.4 Å². The number of aliphatic carboxylic acids is 2. The second kappa shape index (κ2) is 10.3. The number of fused-ring (bicyclic) bond motifs is 1. The summed E-state index contributed by atoms with van der Waals surface area (Å²) in [4.78, 5) is 33.0. The van der Waals surface area contributed by atoms with Crippen molar-refractivity contribution >= 4 is 29.5 Å². The van der Waals surface area contributed by atoms with Crippen molar-refractivity contribution < 1.29 is 34.1 Å². The van der Waals surface area contributed by atoms with Gasteiger partial charge in [-0.25, -0.2) is 14.4 Å². The van der Waals surface area contributed by atoms with E-state index in [4.69, 9.17) is 40.9 Å². The van der Waals surface area contributed by atoms with Gasteiger partial charge in [0, 0.05) is 24.4 Å². The maximum Gasteiger partial charge on any atom is 0.414 e. The van der Waals surface area contributed by atoms with E-state index in [1.807, 2.05) is 44.4 Å². The van der Waals surface area contributed by atoms with Gasteiger partial charge in [0.15, 0.2) is 0 Å². The molecule has 0 saturated carbocycles. The van der Waals surface area contributed by atoms with Crippen LogP contribution in [0.3, 0.4) is 0 Å². The predicted octanol–water partition coefficient (Wildman–Crippen LogP) is 3.06. The van der Waals surface area contributed by atoms with Gasteiger partial charge in [-0.15, -0.1) is 0 Å². The van der Waals surface area contributed by atoms with Gasteiger partial charge in [0.25, 0.3) is 0 Å². The molecule has 1 unspecified atom stereocenters. The number of ether oxygens (including phenoxy) is 2. The minimum Gasteiger partial charge on any atom is -0.497 e. The van der Waals surface area contributed by atoms with Gasteiger partial charge in [0.2, 0.25) is 0 Å². The van der Waals surface area contributed by atoms with Gasteiger partial charge in [0.1, 0.15) is 11.4 Å². The molecular weight excluding hydrogens is 426 g/mol. The predicted molar refractivity (Wildman–Crippen MR) is 114 cm³/mol. The summed E-state index contributed by atoms with van der Waals surface area (Å²) in [7, 11) is 5.65. The molecule has 0 aromatic heterocycles. The van der Waals surface area contributed by atoms with Crippen LogP contribution in [0.5, 0.6) is 5.75 Å². The Morgan fingerprint density at radius 3 is 2.26 bits per heavy atom. The van der Waals surface area contributed by atoms with Crippen LogP contribution in [-0.2, 0) is 26.3 Å². The molecule has 1 aliphatic heterocycles. The number of hydrogen-bond acceptors (Lipinski definition) is 6. The fourth-order valence-corrected chi connectivity index (χ4v) is 3.35. The van der Waals surface area contributed by atoms with Crippen LogP contribution in [0.2, 0.25) is 5.02 Å². The number of hydrogen-bond donors (Lipinski definition) is 2. The molecule has 0 amide bonds. The van der Waals surface area contributed by atoms with Crippen LogP contribution in [-0.4, -0.2) is 60.8 Å². The molecule has 0 bridgehead atoms. The highest BCUT2D eigenvalue weighted by atomic mass is 35.5.